The molecule has 0 N–H and O–H groups in total. The van der Waals surface area contributed by atoms with Crippen molar-refractivity contribution in [1.82, 2.24) is 0 Å². The average molecular weight is 282 g/mol. The minimum absolute atomic E-state index is 0.413. The first-order chi connectivity index (χ1) is 9.42. The lowest BCUT2D eigenvalue weighted by atomic mass is 10.1. The zero-order valence-electron chi connectivity index (χ0n) is 13.2. The van der Waals surface area contributed by atoms with Gasteiger partial charge < -0.3 is 0 Å². The highest BCUT2D eigenvalue weighted by Crippen LogP contribution is 2.57. The molecule has 19 heavy (non-hydrogen) atoms. The number of hydrogen-bond acceptors (Lipinski definition) is 0. The smallest absolute Gasteiger partial charge is 0.0207 e. The van der Waals surface area contributed by atoms with Crippen LogP contribution in [-0.2, 0) is 0 Å². The molecule has 0 nitrogen and oxygen atoms in total. The van der Waals surface area contributed by atoms with E-state index in [-0.39, 0.29) is 0 Å². The van der Waals surface area contributed by atoms with Gasteiger partial charge in [-0.1, -0.05) is 64.7 Å². The standard InChI is InChI=1S/C18H35P/c1-2-3-4-5-6-11-16-19(17-12-7-8-13-17)18-14-9-10-15-18/h17-18H,2-16H2,1H3. The van der Waals surface area contributed by atoms with Crippen molar-refractivity contribution in [3.05, 3.63) is 0 Å². The van der Waals surface area contributed by atoms with Crippen LogP contribution in [0.5, 0.6) is 0 Å². The van der Waals surface area contributed by atoms with E-state index in [9.17, 15) is 0 Å². The van der Waals surface area contributed by atoms with Gasteiger partial charge in [0.15, 0.2) is 0 Å². The first kappa shape index (κ1) is 15.8. The number of hydrogen-bond donors (Lipinski definition) is 0. The molecule has 2 aliphatic carbocycles. The molecule has 2 aliphatic rings. The van der Waals surface area contributed by atoms with Gasteiger partial charge in [-0.15, -0.1) is 7.92 Å². The van der Waals surface area contributed by atoms with Crippen molar-refractivity contribution in [3.63, 3.8) is 0 Å². The summed E-state index contributed by atoms with van der Waals surface area (Å²) in [6, 6.07) is 0. The molecule has 0 aliphatic heterocycles. The predicted molar refractivity (Wildman–Crippen MR) is 89.7 cm³/mol. The minimum atomic E-state index is 0.413. The second kappa shape index (κ2) is 9.38. The van der Waals surface area contributed by atoms with E-state index in [1.807, 2.05) is 0 Å². The fourth-order valence-electron chi connectivity index (χ4n) is 4.21. The Morgan fingerprint density at radius 2 is 1.16 bits per heavy atom. The molecule has 0 aromatic carbocycles. The van der Waals surface area contributed by atoms with Crippen molar-refractivity contribution in [2.24, 2.45) is 0 Å². The summed E-state index contributed by atoms with van der Waals surface area (Å²) in [6.45, 7) is 2.32. The van der Waals surface area contributed by atoms with Crippen LogP contribution in [0.3, 0.4) is 0 Å². The van der Waals surface area contributed by atoms with Crippen LogP contribution in [0.1, 0.15) is 96.8 Å². The highest BCUT2D eigenvalue weighted by Gasteiger charge is 2.31. The molecular weight excluding hydrogens is 247 g/mol. The lowest BCUT2D eigenvalue weighted by molar-refractivity contribution is 0.624. The molecule has 2 saturated carbocycles. The van der Waals surface area contributed by atoms with Gasteiger partial charge >= 0.3 is 0 Å². The maximum absolute atomic E-state index is 2.32. The van der Waals surface area contributed by atoms with E-state index in [2.05, 4.69) is 6.92 Å². The van der Waals surface area contributed by atoms with E-state index in [0.717, 1.165) is 0 Å². The van der Waals surface area contributed by atoms with Gasteiger partial charge in [-0.05, 0) is 49.6 Å². The Morgan fingerprint density at radius 1 is 0.684 bits per heavy atom. The molecule has 0 aromatic rings. The zero-order valence-corrected chi connectivity index (χ0v) is 14.1. The molecule has 2 rings (SSSR count). The quantitative estimate of drug-likeness (QED) is 0.325. The van der Waals surface area contributed by atoms with Gasteiger partial charge in [0.25, 0.3) is 0 Å². The summed E-state index contributed by atoms with van der Waals surface area (Å²) in [5.41, 5.74) is 2.38. The first-order valence-electron chi connectivity index (χ1n) is 9.17. The van der Waals surface area contributed by atoms with Crippen molar-refractivity contribution in [2.75, 3.05) is 6.16 Å². The molecule has 0 unspecified atom stereocenters. The summed E-state index contributed by atoms with van der Waals surface area (Å²) >= 11 is 0. The fraction of sp³-hybridized carbons (Fsp3) is 1.00. The summed E-state index contributed by atoms with van der Waals surface area (Å²) < 4.78 is 0. The minimum Gasteiger partial charge on any atom is -0.100 e. The van der Waals surface area contributed by atoms with Gasteiger partial charge in [0.2, 0.25) is 0 Å². The number of unbranched alkanes of at least 4 members (excludes halogenated alkanes) is 5. The summed E-state index contributed by atoms with van der Waals surface area (Å²) in [5.74, 6) is 0. The molecule has 1 heteroatoms. The second-order valence-corrected chi connectivity index (χ2v) is 9.82. The normalized spacial score (nSPS) is 21.8. The van der Waals surface area contributed by atoms with E-state index in [1.165, 1.54) is 43.4 Å². The maximum Gasteiger partial charge on any atom is -0.0207 e. The number of rotatable bonds is 9. The van der Waals surface area contributed by atoms with Crippen LogP contribution < -0.4 is 0 Å². The highest BCUT2D eigenvalue weighted by atomic mass is 31.1. The van der Waals surface area contributed by atoms with Crippen LogP contribution in [0.15, 0.2) is 0 Å². The Labute approximate surface area is 122 Å². The van der Waals surface area contributed by atoms with Crippen LogP contribution in [0.4, 0.5) is 0 Å². The van der Waals surface area contributed by atoms with Gasteiger partial charge in [-0.2, -0.15) is 0 Å². The molecule has 0 saturated heterocycles. The molecule has 2 fully saturated rings. The third-order valence-corrected chi connectivity index (χ3v) is 9.10. The van der Waals surface area contributed by atoms with E-state index in [1.54, 1.807) is 63.9 Å². The van der Waals surface area contributed by atoms with E-state index in [4.69, 9.17) is 0 Å². The van der Waals surface area contributed by atoms with Crippen molar-refractivity contribution >= 4 is 7.92 Å². The molecule has 0 aromatic heterocycles. The van der Waals surface area contributed by atoms with Gasteiger partial charge in [0, 0.05) is 0 Å². The molecule has 0 radical (unpaired) electrons. The van der Waals surface area contributed by atoms with E-state index in [0.29, 0.717) is 7.92 Å². The van der Waals surface area contributed by atoms with Crippen LogP contribution in [0, 0.1) is 0 Å². The SMILES string of the molecule is CCCCCCCCP(C1CCCC1)C1CCCC1. The predicted octanol–water partition coefficient (Wildman–Crippen LogP) is 6.71. The molecule has 0 heterocycles. The highest BCUT2D eigenvalue weighted by molar-refractivity contribution is 7.59. The van der Waals surface area contributed by atoms with Crippen molar-refractivity contribution < 1.29 is 0 Å². The van der Waals surface area contributed by atoms with E-state index >= 15 is 0 Å². The van der Waals surface area contributed by atoms with Gasteiger partial charge in [0.1, 0.15) is 0 Å². The van der Waals surface area contributed by atoms with Crippen LogP contribution >= 0.6 is 7.92 Å². The van der Waals surface area contributed by atoms with Gasteiger partial charge in [-0.3, -0.25) is 0 Å². The third kappa shape index (κ3) is 5.37. The fourth-order valence-corrected chi connectivity index (χ4v) is 8.18. The molecule has 0 spiro atoms. The summed E-state index contributed by atoms with van der Waals surface area (Å²) in [5, 5.41) is 0. The molecule has 0 amide bonds. The van der Waals surface area contributed by atoms with Crippen molar-refractivity contribution in [2.45, 2.75) is 108 Å². The van der Waals surface area contributed by atoms with Gasteiger partial charge in [-0.25, -0.2) is 0 Å². The van der Waals surface area contributed by atoms with Crippen LogP contribution in [0.2, 0.25) is 0 Å². The van der Waals surface area contributed by atoms with Crippen LogP contribution in [-0.4, -0.2) is 17.5 Å². The lowest BCUT2D eigenvalue weighted by Crippen LogP contribution is -2.12. The molecule has 0 bridgehead atoms. The lowest BCUT2D eigenvalue weighted by Gasteiger charge is -2.30. The monoisotopic (exact) mass is 282 g/mol. The second-order valence-electron chi connectivity index (χ2n) is 6.88. The largest absolute Gasteiger partial charge is 0.100 e. The Hall–Kier alpha value is 0.430. The van der Waals surface area contributed by atoms with E-state index < -0.39 is 0 Å². The van der Waals surface area contributed by atoms with Gasteiger partial charge in [0.05, 0.1) is 0 Å². The van der Waals surface area contributed by atoms with Crippen molar-refractivity contribution in [3.8, 4) is 0 Å². The first-order valence-corrected chi connectivity index (χ1v) is 10.8. The Balaban J connectivity index is 1.67. The van der Waals surface area contributed by atoms with Crippen molar-refractivity contribution in [1.29, 1.82) is 0 Å². The third-order valence-electron chi connectivity index (χ3n) is 5.36. The molecule has 112 valence electrons. The Bertz CT molecular complexity index is 198. The van der Waals surface area contributed by atoms with Crippen LogP contribution in [0.25, 0.3) is 0 Å². The summed E-state index contributed by atoms with van der Waals surface area (Å²) in [6.07, 6.45) is 23.1. The topological polar surface area (TPSA) is 0 Å². The zero-order chi connectivity index (χ0) is 13.3. The average Bonchev–Trinajstić information content (AvgIpc) is 3.11. The Morgan fingerprint density at radius 3 is 1.68 bits per heavy atom. The Kier molecular flexibility index (Phi) is 7.81. The maximum atomic E-state index is 2.32. The molecular formula is C18H35P. The summed E-state index contributed by atoms with van der Waals surface area (Å²) in [7, 11) is 0.413. The molecule has 0 atom stereocenters. The summed E-state index contributed by atoms with van der Waals surface area (Å²) in [4.78, 5) is 0.